The molecule has 0 spiro atoms. The van der Waals surface area contributed by atoms with Crippen molar-refractivity contribution in [1.82, 2.24) is 0 Å². The van der Waals surface area contributed by atoms with E-state index in [1.807, 2.05) is 0 Å². The second-order valence-corrected chi connectivity index (χ2v) is 9.38. The molecule has 0 radical (unpaired) electrons. The summed E-state index contributed by atoms with van der Waals surface area (Å²) in [5.41, 5.74) is 8.73. The summed E-state index contributed by atoms with van der Waals surface area (Å²) in [4.78, 5) is 4.74. The van der Waals surface area contributed by atoms with Crippen LogP contribution in [0.5, 0.6) is 0 Å². The molecule has 0 amide bonds. The molecule has 0 unspecified atom stereocenters. The van der Waals surface area contributed by atoms with E-state index in [1.54, 1.807) is 0 Å². The van der Waals surface area contributed by atoms with Crippen molar-refractivity contribution in [2.75, 3.05) is 36.0 Å². The molecule has 4 heteroatoms. The summed E-state index contributed by atoms with van der Waals surface area (Å²) in [6.45, 7) is 15.0. The Labute approximate surface area is 204 Å². The number of aryl methyl sites for hydroxylation is 1. The third-order valence-corrected chi connectivity index (χ3v) is 7.31. The van der Waals surface area contributed by atoms with Crippen LogP contribution < -0.4 is 9.80 Å². The number of anilines is 2. The molecule has 0 heterocycles. The van der Waals surface area contributed by atoms with Gasteiger partial charge < -0.3 is 9.80 Å². The van der Waals surface area contributed by atoms with Crippen molar-refractivity contribution in [3.05, 3.63) is 69.1 Å². The summed E-state index contributed by atoms with van der Waals surface area (Å²) < 4.78 is 2.25. The van der Waals surface area contributed by atoms with Crippen LogP contribution in [0.1, 0.15) is 33.3 Å². The number of halogens is 2. The highest BCUT2D eigenvalue weighted by atomic mass is 79.9. The van der Waals surface area contributed by atoms with Gasteiger partial charge in [-0.2, -0.15) is 0 Å². The topological polar surface area (TPSA) is 6.48 Å². The molecule has 3 rings (SSSR count). The van der Waals surface area contributed by atoms with Crippen molar-refractivity contribution < 1.29 is 0 Å². The van der Waals surface area contributed by atoms with Crippen LogP contribution in [0.3, 0.4) is 0 Å². The van der Waals surface area contributed by atoms with Crippen molar-refractivity contribution in [2.24, 2.45) is 0 Å². The van der Waals surface area contributed by atoms with Gasteiger partial charge in [-0.25, -0.2) is 0 Å². The standard InChI is InChI=1S/C27H32Br2N2/c1-6-30(7-2)20-13-15-22(25(28)17-20)23-12-10-11-19(5)27(23)24-16-14-21(18-26(24)29)31(8-3)9-4/h10-18H,6-9H2,1-5H3. The van der Waals surface area contributed by atoms with Gasteiger partial charge in [-0.1, -0.05) is 62.2 Å². The SMILES string of the molecule is CCN(CC)c1ccc(-c2cccc(C)c2-c2ccc(N(CC)CC)cc2Br)c(Br)c1. The van der Waals surface area contributed by atoms with Crippen LogP contribution in [0.4, 0.5) is 11.4 Å². The molecule has 2 nitrogen and oxygen atoms in total. The predicted octanol–water partition coefficient (Wildman–Crippen LogP) is 8.55. The van der Waals surface area contributed by atoms with Gasteiger partial charge in [-0.15, -0.1) is 0 Å². The van der Waals surface area contributed by atoms with E-state index in [-0.39, 0.29) is 0 Å². The molecule has 0 fully saturated rings. The van der Waals surface area contributed by atoms with E-state index in [9.17, 15) is 0 Å². The smallest absolute Gasteiger partial charge is 0.0377 e. The average molecular weight is 544 g/mol. The molecular formula is C27H32Br2N2. The number of nitrogens with zero attached hydrogens (tertiary/aromatic N) is 2. The molecule has 3 aromatic carbocycles. The normalized spacial score (nSPS) is 10.9. The summed E-state index contributed by atoms with van der Waals surface area (Å²) in [7, 11) is 0. The van der Waals surface area contributed by atoms with Crippen molar-refractivity contribution >= 4 is 43.2 Å². The minimum absolute atomic E-state index is 1.00. The molecule has 0 saturated carbocycles. The van der Waals surface area contributed by atoms with E-state index in [0.717, 1.165) is 35.1 Å². The third-order valence-electron chi connectivity index (χ3n) is 5.99. The Balaban J connectivity index is 2.12. The van der Waals surface area contributed by atoms with Gasteiger partial charge >= 0.3 is 0 Å². The second kappa shape index (κ2) is 10.7. The Kier molecular flexibility index (Phi) is 8.23. The largest absolute Gasteiger partial charge is 0.372 e. The first kappa shape index (κ1) is 23.9. The first-order chi connectivity index (χ1) is 14.9. The predicted molar refractivity (Wildman–Crippen MR) is 145 cm³/mol. The zero-order chi connectivity index (χ0) is 22.5. The molecule has 0 saturated heterocycles. The van der Waals surface area contributed by atoms with E-state index in [0.29, 0.717) is 0 Å². The minimum atomic E-state index is 1.00. The average Bonchev–Trinajstić information content (AvgIpc) is 2.76. The van der Waals surface area contributed by atoms with E-state index in [2.05, 4.69) is 131 Å². The Bertz CT molecular complexity index is 1040. The van der Waals surface area contributed by atoms with Crippen LogP contribution in [0.15, 0.2) is 63.5 Å². The van der Waals surface area contributed by atoms with Crippen LogP contribution in [-0.2, 0) is 0 Å². The van der Waals surface area contributed by atoms with Crippen molar-refractivity contribution in [2.45, 2.75) is 34.6 Å². The first-order valence-electron chi connectivity index (χ1n) is 11.1. The maximum atomic E-state index is 3.87. The molecule has 31 heavy (non-hydrogen) atoms. The molecule has 0 aliphatic rings. The Hall–Kier alpha value is -1.78. The molecule has 164 valence electrons. The fourth-order valence-electron chi connectivity index (χ4n) is 4.25. The molecule has 0 aliphatic carbocycles. The lowest BCUT2D eigenvalue weighted by molar-refractivity contribution is 0.866. The van der Waals surface area contributed by atoms with Gasteiger partial charge in [0.1, 0.15) is 0 Å². The molecule has 0 aromatic heterocycles. The summed E-state index contributed by atoms with van der Waals surface area (Å²) >= 11 is 7.74. The molecule has 0 aliphatic heterocycles. The molecule has 0 bridgehead atoms. The van der Waals surface area contributed by atoms with Gasteiger partial charge in [0.2, 0.25) is 0 Å². The van der Waals surface area contributed by atoms with Gasteiger partial charge in [0.15, 0.2) is 0 Å². The zero-order valence-electron chi connectivity index (χ0n) is 19.2. The third kappa shape index (κ3) is 5.01. The maximum Gasteiger partial charge on any atom is 0.0377 e. The number of hydrogen-bond donors (Lipinski definition) is 0. The number of benzene rings is 3. The van der Waals surface area contributed by atoms with Crippen molar-refractivity contribution in [1.29, 1.82) is 0 Å². The van der Waals surface area contributed by atoms with E-state index in [4.69, 9.17) is 0 Å². The van der Waals surface area contributed by atoms with E-state index < -0.39 is 0 Å². The second-order valence-electron chi connectivity index (χ2n) is 7.67. The molecule has 3 aromatic rings. The summed E-state index contributed by atoms with van der Waals surface area (Å²) in [6.07, 6.45) is 0. The number of hydrogen-bond acceptors (Lipinski definition) is 2. The van der Waals surface area contributed by atoms with Crippen molar-refractivity contribution in [3.63, 3.8) is 0 Å². The summed E-state index contributed by atoms with van der Waals surface area (Å²) in [5, 5.41) is 0. The van der Waals surface area contributed by atoms with Gasteiger partial charge in [0.05, 0.1) is 0 Å². The van der Waals surface area contributed by atoms with Gasteiger partial charge in [-0.05, 0) is 86.7 Å². The zero-order valence-corrected chi connectivity index (χ0v) is 22.3. The van der Waals surface area contributed by atoms with Crippen LogP contribution >= 0.6 is 31.9 Å². The highest BCUT2D eigenvalue weighted by Crippen LogP contribution is 2.42. The summed E-state index contributed by atoms with van der Waals surface area (Å²) in [5.74, 6) is 0. The maximum absolute atomic E-state index is 3.87. The Morgan fingerprint density at radius 3 is 1.55 bits per heavy atom. The monoisotopic (exact) mass is 542 g/mol. The summed E-state index contributed by atoms with van der Waals surface area (Å²) in [6, 6.07) is 20.0. The number of rotatable bonds is 8. The lowest BCUT2D eigenvalue weighted by Gasteiger charge is -2.24. The van der Waals surface area contributed by atoms with Gasteiger partial charge in [0, 0.05) is 46.5 Å². The highest BCUT2D eigenvalue weighted by molar-refractivity contribution is 9.11. The van der Waals surface area contributed by atoms with E-state index in [1.165, 1.54) is 39.2 Å². The first-order valence-corrected chi connectivity index (χ1v) is 12.7. The Morgan fingerprint density at radius 2 is 1.10 bits per heavy atom. The van der Waals surface area contributed by atoms with Crippen LogP contribution in [0, 0.1) is 6.92 Å². The quantitative estimate of drug-likeness (QED) is 0.281. The fourth-order valence-corrected chi connectivity index (χ4v) is 5.40. The highest BCUT2D eigenvalue weighted by Gasteiger charge is 2.16. The van der Waals surface area contributed by atoms with Crippen LogP contribution in [-0.4, -0.2) is 26.2 Å². The van der Waals surface area contributed by atoms with Crippen LogP contribution in [0.2, 0.25) is 0 Å². The molecule has 0 N–H and O–H groups in total. The molecule has 0 atom stereocenters. The van der Waals surface area contributed by atoms with Crippen molar-refractivity contribution in [3.8, 4) is 22.3 Å². The lowest BCUT2D eigenvalue weighted by Crippen LogP contribution is -2.21. The Morgan fingerprint density at radius 1 is 0.613 bits per heavy atom. The van der Waals surface area contributed by atoms with E-state index >= 15 is 0 Å². The molecular weight excluding hydrogens is 512 g/mol. The lowest BCUT2D eigenvalue weighted by atomic mass is 9.90. The van der Waals surface area contributed by atoms with Gasteiger partial charge in [-0.3, -0.25) is 0 Å². The minimum Gasteiger partial charge on any atom is -0.372 e. The fraction of sp³-hybridized carbons (Fsp3) is 0.333. The van der Waals surface area contributed by atoms with Gasteiger partial charge in [0.25, 0.3) is 0 Å². The van der Waals surface area contributed by atoms with Crippen LogP contribution in [0.25, 0.3) is 22.3 Å².